The van der Waals surface area contributed by atoms with Crippen LogP contribution in [0.2, 0.25) is 0 Å². The van der Waals surface area contributed by atoms with E-state index in [1.165, 1.54) is 10.4 Å². The number of carbonyl (C=O) groups excluding carboxylic acids is 1. The summed E-state index contributed by atoms with van der Waals surface area (Å²) in [6.45, 7) is 6.36. The van der Waals surface area contributed by atoms with Crippen LogP contribution in [0.25, 0.3) is 0 Å². The Kier molecular flexibility index (Phi) is 5.65. The summed E-state index contributed by atoms with van der Waals surface area (Å²) in [5.41, 5.74) is 1.90. The van der Waals surface area contributed by atoms with Gasteiger partial charge < -0.3 is 14.2 Å². The van der Waals surface area contributed by atoms with Crippen molar-refractivity contribution < 1.29 is 19.0 Å². The van der Waals surface area contributed by atoms with Crippen molar-refractivity contribution in [3.05, 3.63) is 45.6 Å². The second-order valence-electron chi connectivity index (χ2n) is 7.64. The van der Waals surface area contributed by atoms with E-state index >= 15 is 0 Å². The number of thiophene rings is 1. The molecule has 146 valence electrons. The molecule has 0 radical (unpaired) electrons. The average Bonchev–Trinajstić information content (AvgIpc) is 3.09. The van der Waals surface area contributed by atoms with Gasteiger partial charge in [-0.2, -0.15) is 0 Å². The lowest BCUT2D eigenvalue weighted by Gasteiger charge is -2.37. The quantitative estimate of drug-likeness (QED) is 0.751. The zero-order valence-corrected chi connectivity index (χ0v) is 17.4. The van der Waals surface area contributed by atoms with Crippen molar-refractivity contribution in [2.45, 2.75) is 45.3 Å². The zero-order valence-electron chi connectivity index (χ0n) is 16.6. The average molecular weight is 390 g/mol. The van der Waals surface area contributed by atoms with Gasteiger partial charge in [0.15, 0.2) is 11.5 Å². The van der Waals surface area contributed by atoms with Crippen LogP contribution in [0.1, 0.15) is 42.8 Å². The molecule has 1 aromatic heterocycles. The van der Waals surface area contributed by atoms with Gasteiger partial charge in [-0.1, -0.05) is 6.07 Å². The minimum atomic E-state index is -0.513. The van der Waals surface area contributed by atoms with Crippen molar-refractivity contribution in [1.29, 1.82) is 0 Å². The van der Waals surface area contributed by atoms with Crippen LogP contribution in [-0.2, 0) is 17.6 Å². The smallest absolute Gasteiger partial charge is 0.410 e. The van der Waals surface area contributed by atoms with E-state index in [1.54, 1.807) is 25.6 Å². The first-order valence-electron chi connectivity index (χ1n) is 9.09. The highest BCUT2D eigenvalue weighted by molar-refractivity contribution is 7.10. The first-order valence-corrected chi connectivity index (χ1v) is 9.97. The number of methoxy groups -OCH3 is 2. The highest BCUT2D eigenvalue weighted by Gasteiger charge is 2.34. The van der Waals surface area contributed by atoms with E-state index in [0.717, 1.165) is 12.0 Å². The van der Waals surface area contributed by atoms with E-state index in [2.05, 4.69) is 11.4 Å². The normalized spacial score (nSPS) is 16.6. The van der Waals surface area contributed by atoms with E-state index in [9.17, 15) is 4.79 Å². The summed E-state index contributed by atoms with van der Waals surface area (Å²) in [6, 6.07) is 8.03. The van der Waals surface area contributed by atoms with Gasteiger partial charge in [-0.05, 0) is 68.3 Å². The molecule has 1 aromatic carbocycles. The van der Waals surface area contributed by atoms with Gasteiger partial charge in [-0.15, -0.1) is 11.3 Å². The van der Waals surface area contributed by atoms with Gasteiger partial charge in [0.1, 0.15) is 5.60 Å². The van der Waals surface area contributed by atoms with Crippen LogP contribution >= 0.6 is 11.3 Å². The predicted octanol–water partition coefficient (Wildman–Crippen LogP) is 4.84. The third-order valence-electron chi connectivity index (χ3n) is 4.59. The van der Waals surface area contributed by atoms with Crippen LogP contribution in [0, 0.1) is 0 Å². The first-order chi connectivity index (χ1) is 12.8. The summed E-state index contributed by atoms with van der Waals surface area (Å²) in [5, 5.41) is 2.10. The molecule has 2 aromatic rings. The predicted molar refractivity (Wildman–Crippen MR) is 107 cm³/mol. The second-order valence-corrected chi connectivity index (χ2v) is 8.59. The van der Waals surface area contributed by atoms with Crippen LogP contribution in [0.4, 0.5) is 4.79 Å². The van der Waals surface area contributed by atoms with Crippen LogP contribution < -0.4 is 9.47 Å². The van der Waals surface area contributed by atoms with Gasteiger partial charge in [0, 0.05) is 11.4 Å². The summed E-state index contributed by atoms with van der Waals surface area (Å²) < 4.78 is 16.4. The number of ether oxygens (including phenoxy) is 3. The van der Waals surface area contributed by atoms with Crippen LogP contribution in [0.5, 0.6) is 11.5 Å². The molecule has 0 bridgehead atoms. The second kappa shape index (κ2) is 7.80. The van der Waals surface area contributed by atoms with Crippen LogP contribution in [-0.4, -0.2) is 37.4 Å². The Bertz CT molecular complexity index is 809. The fourth-order valence-corrected chi connectivity index (χ4v) is 4.43. The monoisotopic (exact) mass is 389 g/mol. The molecule has 1 aliphatic heterocycles. The number of fused-ring (bicyclic) bond motifs is 1. The minimum absolute atomic E-state index is 0.0401. The Hall–Kier alpha value is -2.21. The topological polar surface area (TPSA) is 48.0 Å². The molecule has 1 amide bonds. The van der Waals surface area contributed by atoms with Gasteiger partial charge >= 0.3 is 6.09 Å². The zero-order chi connectivity index (χ0) is 19.6. The fourth-order valence-electron chi connectivity index (χ4n) is 3.36. The lowest BCUT2D eigenvalue weighted by molar-refractivity contribution is 0.0146. The largest absolute Gasteiger partial charge is 0.493 e. The summed E-state index contributed by atoms with van der Waals surface area (Å²) in [4.78, 5) is 15.9. The molecule has 0 fully saturated rings. The Labute approximate surface area is 164 Å². The van der Waals surface area contributed by atoms with Crippen molar-refractivity contribution in [2.75, 3.05) is 20.8 Å². The summed E-state index contributed by atoms with van der Waals surface area (Å²) in [7, 11) is 3.26. The Balaban J connectivity index is 1.90. The van der Waals surface area contributed by atoms with E-state index in [0.29, 0.717) is 24.5 Å². The number of rotatable bonds is 4. The maximum absolute atomic E-state index is 12.8. The van der Waals surface area contributed by atoms with Crippen LogP contribution in [0.15, 0.2) is 29.6 Å². The van der Waals surface area contributed by atoms with E-state index < -0.39 is 5.60 Å². The number of nitrogens with zero attached hydrogens (tertiary/aromatic N) is 1. The molecule has 1 atom stereocenters. The van der Waals surface area contributed by atoms with Crippen molar-refractivity contribution in [1.82, 2.24) is 4.90 Å². The third-order valence-corrected chi connectivity index (χ3v) is 5.65. The molecule has 1 unspecified atom stereocenters. The number of carbonyl (C=O) groups is 1. The van der Waals surface area contributed by atoms with Gasteiger partial charge in [0.05, 0.1) is 20.3 Å². The first kappa shape index (κ1) is 19.5. The number of amides is 1. The highest BCUT2D eigenvalue weighted by atomic mass is 32.1. The lowest BCUT2D eigenvalue weighted by Crippen LogP contribution is -2.43. The highest BCUT2D eigenvalue weighted by Crippen LogP contribution is 2.38. The van der Waals surface area contributed by atoms with E-state index in [4.69, 9.17) is 14.2 Å². The van der Waals surface area contributed by atoms with E-state index in [1.807, 2.05) is 43.9 Å². The fraction of sp³-hybridized carbons (Fsp3) is 0.476. The van der Waals surface area contributed by atoms with Gasteiger partial charge in [-0.25, -0.2) is 4.79 Å². The molecule has 5 nitrogen and oxygen atoms in total. The maximum atomic E-state index is 12.8. The molecule has 27 heavy (non-hydrogen) atoms. The molecular formula is C21H27NO4S. The molecule has 0 saturated carbocycles. The maximum Gasteiger partial charge on any atom is 0.410 e. The molecule has 2 heterocycles. The standard InChI is InChI=1S/C21H27NO4S/c1-21(2,3)26-20(23)22-10-8-15-9-11-27-19(15)16(22)12-14-6-7-17(24-4)18(13-14)25-5/h6-7,9,11,13,16H,8,10,12H2,1-5H3. The number of hydrogen-bond acceptors (Lipinski definition) is 5. The molecular weight excluding hydrogens is 362 g/mol. The minimum Gasteiger partial charge on any atom is -0.493 e. The Morgan fingerprint density at radius 3 is 2.59 bits per heavy atom. The van der Waals surface area contributed by atoms with Gasteiger partial charge in [0.2, 0.25) is 0 Å². The molecule has 0 aliphatic carbocycles. The molecule has 0 spiro atoms. The molecule has 0 N–H and O–H groups in total. The van der Waals surface area contributed by atoms with Crippen molar-refractivity contribution >= 4 is 17.4 Å². The number of benzene rings is 1. The molecule has 0 saturated heterocycles. The van der Waals surface area contributed by atoms with Crippen LogP contribution in [0.3, 0.4) is 0 Å². The van der Waals surface area contributed by atoms with Crippen molar-refractivity contribution in [2.24, 2.45) is 0 Å². The summed E-state index contributed by atoms with van der Waals surface area (Å²) in [6.07, 6.45) is 1.31. The van der Waals surface area contributed by atoms with Crippen molar-refractivity contribution in [3.8, 4) is 11.5 Å². The summed E-state index contributed by atoms with van der Waals surface area (Å²) >= 11 is 1.70. The third kappa shape index (κ3) is 4.38. The molecule has 1 aliphatic rings. The van der Waals surface area contributed by atoms with E-state index in [-0.39, 0.29) is 12.1 Å². The lowest BCUT2D eigenvalue weighted by atomic mass is 9.96. The number of hydrogen-bond donors (Lipinski definition) is 0. The molecule has 3 rings (SSSR count). The SMILES string of the molecule is COc1ccc(CC2c3sccc3CCN2C(=O)OC(C)(C)C)cc1OC. The summed E-state index contributed by atoms with van der Waals surface area (Å²) in [5.74, 6) is 1.40. The Morgan fingerprint density at radius 2 is 1.93 bits per heavy atom. The van der Waals surface area contributed by atoms with Gasteiger partial charge in [-0.3, -0.25) is 4.90 Å². The van der Waals surface area contributed by atoms with Gasteiger partial charge in [0.25, 0.3) is 0 Å². The van der Waals surface area contributed by atoms with Crippen molar-refractivity contribution in [3.63, 3.8) is 0 Å². The molecule has 6 heteroatoms. The Morgan fingerprint density at radius 1 is 1.19 bits per heavy atom.